The molecule has 2 N–H and O–H groups in total. The minimum atomic E-state index is 1.07. The van der Waals surface area contributed by atoms with Crippen molar-refractivity contribution in [3.63, 3.8) is 0 Å². The number of nitrogens with zero attached hydrogens (tertiary/aromatic N) is 1. The van der Waals surface area contributed by atoms with Gasteiger partial charge in [-0.1, -0.05) is 32.6 Å². The third-order valence-corrected chi connectivity index (χ3v) is 3.24. The Labute approximate surface area is 109 Å². The minimum Gasteiger partial charge on any atom is -0.372 e. The van der Waals surface area contributed by atoms with Crippen LogP contribution in [0.15, 0.2) is 35.7 Å². The summed E-state index contributed by atoms with van der Waals surface area (Å²) in [5, 5.41) is 5.52. The highest BCUT2D eigenvalue weighted by Crippen LogP contribution is 2.20. The number of benzene rings is 1. The minimum absolute atomic E-state index is 1.07. The molecule has 2 nitrogen and oxygen atoms in total. The van der Waals surface area contributed by atoms with Gasteiger partial charge in [0.1, 0.15) is 0 Å². The third kappa shape index (κ3) is 4.10. The fourth-order valence-corrected chi connectivity index (χ4v) is 2.12. The molecule has 0 fully saturated rings. The van der Waals surface area contributed by atoms with E-state index in [0.29, 0.717) is 0 Å². The molecule has 0 bridgehead atoms. The maximum atomic E-state index is 5.52. The lowest BCUT2D eigenvalue weighted by atomic mass is 10.1. The Morgan fingerprint density at radius 3 is 2.12 bits per heavy atom. The SMILES string of the molecule is C=C(c1ccc(SN)cc1)N(CCC)CCC. The van der Waals surface area contributed by atoms with Crippen molar-refractivity contribution in [3.8, 4) is 0 Å². The first-order valence-electron chi connectivity index (χ1n) is 6.14. The van der Waals surface area contributed by atoms with E-state index in [-0.39, 0.29) is 0 Å². The van der Waals surface area contributed by atoms with Gasteiger partial charge in [0.25, 0.3) is 0 Å². The van der Waals surface area contributed by atoms with E-state index in [4.69, 9.17) is 5.14 Å². The molecule has 0 saturated heterocycles. The average molecular weight is 250 g/mol. The van der Waals surface area contributed by atoms with Gasteiger partial charge >= 0.3 is 0 Å². The average Bonchev–Trinajstić information content (AvgIpc) is 2.38. The molecule has 0 aliphatic heterocycles. The van der Waals surface area contributed by atoms with Gasteiger partial charge in [-0.3, -0.25) is 5.14 Å². The van der Waals surface area contributed by atoms with Gasteiger partial charge in [-0.25, -0.2) is 0 Å². The summed E-state index contributed by atoms with van der Waals surface area (Å²) in [4.78, 5) is 3.43. The molecule has 0 heterocycles. The van der Waals surface area contributed by atoms with Crippen LogP contribution >= 0.6 is 11.9 Å². The van der Waals surface area contributed by atoms with Gasteiger partial charge in [-0.15, -0.1) is 0 Å². The highest BCUT2D eigenvalue weighted by molar-refractivity contribution is 7.97. The van der Waals surface area contributed by atoms with Crippen molar-refractivity contribution in [1.29, 1.82) is 0 Å². The first-order chi connectivity index (χ1) is 8.22. The van der Waals surface area contributed by atoms with Crippen molar-refractivity contribution >= 4 is 17.6 Å². The molecule has 1 aromatic carbocycles. The second-order valence-corrected chi connectivity index (χ2v) is 4.78. The van der Waals surface area contributed by atoms with Gasteiger partial charge in [0.15, 0.2) is 0 Å². The molecule has 0 aliphatic rings. The normalized spacial score (nSPS) is 10.3. The Kier molecular flexibility index (Phi) is 6.16. The van der Waals surface area contributed by atoms with Gasteiger partial charge in [0.05, 0.1) is 0 Å². The van der Waals surface area contributed by atoms with Gasteiger partial charge < -0.3 is 4.90 Å². The molecule has 1 rings (SSSR count). The maximum absolute atomic E-state index is 5.52. The van der Waals surface area contributed by atoms with Crippen LogP contribution in [0.2, 0.25) is 0 Å². The number of nitrogens with two attached hydrogens (primary N) is 1. The van der Waals surface area contributed by atoms with E-state index < -0.39 is 0 Å². The summed E-state index contributed by atoms with van der Waals surface area (Å²) in [7, 11) is 0. The van der Waals surface area contributed by atoms with Crippen molar-refractivity contribution in [2.75, 3.05) is 13.1 Å². The van der Waals surface area contributed by atoms with E-state index in [1.165, 1.54) is 17.5 Å². The lowest BCUT2D eigenvalue weighted by Crippen LogP contribution is -2.23. The highest BCUT2D eigenvalue weighted by atomic mass is 32.2. The second kappa shape index (κ2) is 7.41. The zero-order valence-electron chi connectivity index (χ0n) is 10.8. The Morgan fingerprint density at radius 1 is 1.18 bits per heavy atom. The molecule has 0 saturated carbocycles. The van der Waals surface area contributed by atoms with Crippen molar-refractivity contribution in [2.24, 2.45) is 5.14 Å². The topological polar surface area (TPSA) is 29.3 Å². The van der Waals surface area contributed by atoms with E-state index in [1.807, 2.05) is 12.1 Å². The molecule has 0 amide bonds. The Balaban J connectivity index is 2.77. The molecule has 0 aliphatic carbocycles. The fraction of sp³-hybridized carbons (Fsp3) is 0.429. The molecule has 0 spiro atoms. The van der Waals surface area contributed by atoms with Gasteiger partial charge in [-0.05, 0) is 42.5 Å². The molecule has 0 unspecified atom stereocenters. The quantitative estimate of drug-likeness (QED) is 0.747. The zero-order chi connectivity index (χ0) is 12.7. The summed E-state index contributed by atoms with van der Waals surface area (Å²) in [6.45, 7) is 10.7. The fourth-order valence-electron chi connectivity index (χ4n) is 1.83. The second-order valence-electron chi connectivity index (χ2n) is 4.08. The van der Waals surface area contributed by atoms with Crippen LogP contribution in [0.1, 0.15) is 32.3 Å². The molecule has 1 aromatic rings. The van der Waals surface area contributed by atoms with Crippen LogP contribution in [-0.4, -0.2) is 18.0 Å². The van der Waals surface area contributed by atoms with Gasteiger partial charge in [-0.2, -0.15) is 0 Å². The predicted octanol–water partition coefficient (Wildman–Crippen LogP) is 3.75. The van der Waals surface area contributed by atoms with E-state index in [9.17, 15) is 0 Å². The monoisotopic (exact) mass is 250 g/mol. The summed E-state index contributed by atoms with van der Waals surface area (Å²) in [6, 6.07) is 8.27. The van der Waals surface area contributed by atoms with Crippen molar-refractivity contribution in [3.05, 3.63) is 36.4 Å². The first-order valence-corrected chi connectivity index (χ1v) is 7.01. The lowest BCUT2D eigenvalue weighted by Gasteiger charge is -2.26. The maximum Gasteiger partial charge on any atom is 0.0366 e. The van der Waals surface area contributed by atoms with Crippen LogP contribution in [0.25, 0.3) is 5.70 Å². The smallest absolute Gasteiger partial charge is 0.0366 e. The Hall–Kier alpha value is -0.930. The summed E-state index contributed by atoms with van der Waals surface area (Å²) in [6.07, 6.45) is 2.30. The van der Waals surface area contributed by atoms with Crippen LogP contribution in [0, 0.1) is 0 Å². The molecule has 3 heteroatoms. The van der Waals surface area contributed by atoms with Gasteiger partial charge in [0, 0.05) is 23.7 Å². The zero-order valence-corrected chi connectivity index (χ0v) is 11.6. The number of hydrogen-bond donors (Lipinski definition) is 1. The summed E-state index contributed by atoms with van der Waals surface area (Å²) >= 11 is 1.27. The van der Waals surface area contributed by atoms with Crippen LogP contribution in [0.5, 0.6) is 0 Å². The van der Waals surface area contributed by atoms with Crippen LogP contribution in [-0.2, 0) is 0 Å². The molecular formula is C14H22N2S. The van der Waals surface area contributed by atoms with Crippen molar-refractivity contribution in [2.45, 2.75) is 31.6 Å². The molecule has 17 heavy (non-hydrogen) atoms. The molecule has 0 aromatic heterocycles. The lowest BCUT2D eigenvalue weighted by molar-refractivity contribution is 0.397. The van der Waals surface area contributed by atoms with Crippen molar-refractivity contribution < 1.29 is 0 Å². The van der Waals surface area contributed by atoms with Crippen LogP contribution < -0.4 is 5.14 Å². The largest absolute Gasteiger partial charge is 0.372 e. The van der Waals surface area contributed by atoms with Crippen LogP contribution in [0.4, 0.5) is 0 Å². The number of hydrogen-bond acceptors (Lipinski definition) is 3. The predicted molar refractivity (Wildman–Crippen MR) is 77.7 cm³/mol. The highest BCUT2D eigenvalue weighted by Gasteiger charge is 2.07. The molecule has 0 atom stereocenters. The van der Waals surface area contributed by atoms with E-state index in [0.717, 1.165) is 36.5 Å². The molecule has 0 radical (unpaired) electrons. The standard InChI is InChI=1S/C14H22N2S/c1-4-10-16(11-5-2)12(3)13-6-8-14(17-15)9-7-13/h6-9H,3-5,10-11,15H2,1-2H3. The van der Waals surface area contributed by atoms with Crippen LogP contribution in [0.3, 0.4) is 0 Å². The van der Waals surface area contributed by atoms with E-state index >= 15 is 0 Å². The van der Waals surface area contributed by atoms with E-state index in [1.54, 1.807) is 0 Å². The van der Waals surface area contributed by atoms with Crippen molar-refractivity contribution in [1.82, 2.24) is 4.90 Å². The van der Waals surface area contributed by atoms with Gasteiger partial charge in [0.2, 0.25) is 0 Å². The van der Waals surface area contributed by atoms with E-state index in [2.05, 4.69) is 37.5 Å². The Bertz CT molecular complexity index is 340. The summed E-state index contributed by atoms with van der Waals surface area (Å²) < 4.78 is 0. The first kappa shape index (κ1) is 14.1. The third-order valence-electron chi connectivity index (χ3n) is 2.69. The summed E-state index contributed by atoms with van der Waals surface area (Å²) in [5.74, 6) is 0. The molecule has 94 valence electrons. The molecular weight excluding hydrogens is 228 g/mol. The number of rotatable bonds is 7. The Morgan fingerprint density at radius 2 is 1.71 bits per heavy atom. The summed E-state index contributed by atoms with van der Waals surface area (Å²) in [5.41, 5.74) is 2.30.